The Balaban J connectivity index is 2.74. The molecular formula is C9H7ClO3S. The van der Waals surface area contributed by atoms with Crippen molar-refractivity contribution < 1.29 is 12.8 Å². The highest BCUT2D eigenvalue weighted by Crippen LogP contribution is 2.24. The summed E-state index contributed by atoms with van der Waals surface area (Å²) in [7, 11) is 1.55. The monoisotopic (exact) mass is 230 g/mol. The van der Waals surface area contributed by atoms with E-state index >= 15 is 0 Å². The smallest absolute Gasteiger partial charge is 0.261 e. The summed E-state index contributed by atoms with van der Waals surface area (Å²) in [5.74, 6) is 0.740. The maximum absolute atomic E-state index is 11.0. The van der Waals surface area contributed by atoms with Crippen LogP contribution in [-0.4, -0.2) is 8.42 Å². The highest BCUT2D eigenvalue weighted by atomic mass is 35.7. The predicted molar refractivity (Wildman–Crippen MR) is 54.0 cm³/mol. The molecule has 0 spiro atoms. The summed E-state index contributed by atoms with van der Waals surface area (Å²) in [6, 6.07) is 6.28. The van der Waals surface area contributed by atoms with E-state index in [4.69, 9.17) is 15.1 Å². The molecule has 0 unspecified atom stereocenters. The lowest BCUT2D eigenvalue weighted by Crippen LogP contribution is -1.88. The first-order valence-corrected chi connectivity index (χ1v) is 6.22. The fourth-order valence-corrected chi connectivity index (χ4v) is 2.09. The van der Waals surface area contributed by atoms with E-state index < -0.39 is 9.05 Å². The number of benzene rings is 1. The van der Waals surface area contributed by atoms with Gasteiger partial charge in [-0.15, -0.1) is 0 Å². The molecule has 0 saturated carbocycles. The van der Waals surface area contributed by atoms with E-state index in [1.165, 1.54) is 12.1 Å². The van der Waals surface area contributed by atoms with Gasteiger partial charge in [0, 0.05) is 16.1 Å². The Labute approximate surface area is 85.7 Å². The van der Waals surface area contributed by atoms with Crippen molar-refractivity contribution in [3.8, 4) is 0 Å². The van der Waals surface area contributed by atoms with Gasteiger partial charge in [-0.3, -0.25) is 0 Å². The van der Waals surface area contributed by atoms with Gasteiger partial charge in [0.2, 0.25) is 0 Å². The minimum absolute atomic E-state index is 0.0902. The second-order valence-corrected chi connectivity index (χ2v) is 5.56. The number of halogens is 1. The minimum atomic E-state index is -3.65. The molecule has 5 heteroatoms. The summed E-state index contributed by atoms with van der Waals surface area (Å²) in [4.78, 5) is 0.0902. The number of furan rings is 1. The molecular weight excluding hydrogens is 224 g/mol. The van der Waals surface area contributed by atoms with E-state index in [9.17, 15) is 8.42 Å². The molecule has 0 bridgehead atoms. The Morgan fingerprint density at radius 3 is 2.64 bits per heavy atom. The Morgan fingerprint density at radius 2 is 2.00 bits per heavy atom. The van der Waals surface area contributed by atoms with Crippen LogP contribution < -0.4 is 0 Å². The minimum Gasteiger partial charge on any atom is -0.461 e. The van der Waals surface area contributed by atoms with Crippen LogP contribution in [0.4, 0.5) is 0 Å². The average Bonchev–Trinajstić information content (AvgIpc) is 2.41. The van der Waals surface area contributed by atoms with Crippen molar-refractivity contribution in [3.63, 3.8) is 0 Å². The van der Waals surface area contributed by atoms with Crippen molar-refractivity contribution in [3.05, 3.63) is 30.0 Å². The van der Waals surface area contributed by atoms with Gasteiger partial charge < -0.3 is 4.42 Å². The fourth-order valence-electron chi connectivity index (χ4n) is 1.31. The lowest BCUT2D eigenvalue weighted by atomic mass is 10.2. The van der Waals surface area contributed by atoms with Crippen molar-refractivity contribution in [2.75, 3.05) is 0 Å². The van der Waals surface area contributed by atoms with Crippen LogP contribution >= 0.6 is 10.7 Å². The third-order valence-electron chi connectivity index (χ3n) is 1.89. The molecule has 14 heavy (non-hydrogen) atoms. The molecule has 0 amide bonds. The van der Waals surface area contributed by atoms with Gasteiger partial charge in [-0.2, -0.15) is 0 Å². The first kappa shape index (κ1) is 9.55. The van der Waals surface area contributed by atoms with E-state index in [0.29, 0.717) is 5.58 Å². The van der Waals surface area contributed by atoms with Gasteiger partial charge in [-0.25, -0.2) is 8.42 Å². The molecule has 0 aliphatic rings. The molecule has 0 atom stereocenters. The molecule has 2 aromatic rings. The van der Waals surface area contributed by atoms with Crippen LogP contribution in [0.1, 0.15) is 5.76 Å². The first-order chi connectivity index (χ1) is 6.47. The molecule has 0 N–H and O–H groups in total. The Hall–Kier alpha value is -1.00. The summed E-state index contributed by atoms with van der Waals surface area (Å²) in [5.41, 5.74) is 0.659. The van der Waals surface area contributed by atoms with Gasteiger partial charge in [-0.05, 0) is 31.2 Å². The molecule has 2 rings (SSSR count). The van der Waals surface area contributed by atoms with Gasteiger partial charge in [0.1, 0.15) is 11.3 Å². The molecule has 3 nitrogen and oxygen atoms in total. The molecule has 74 valence electrons. The van der Waals surface area contributed by atoms with Crippen molar-refractivity contribution in [1.29, 1.82) is 0 Å². The zero-order valence-corrected chi connectivity index (χ0v) is 8.89. The van der Waals surface area contributed by atoms with Crippen molar-refractivity contribution in [2.45, 2.75) is 11.8 Å². The Morgan fingerprint density at radius 1 is 1.29 bits per heavy atom. The quantitative estimate of drug-likeness (QED) is 0.708. The second-order valence-electron chi connectivity index (χ2n) is 2.99. The molecule has 0 aliphatic carbocycles. The maximum atomic E-state index is 11.0. The van der Waals surface area contributed by atoms with E-state index in [2.05, 4.69) is 0 Å². The number of hydrogen-bond donors (Lipinski definition) is 0. The molecule has 1 aromatic heterocycles. The van der Waals surface area contributed by atoms with Crippen LogP contribution in [0.15, 0.2) is 33.6 Å². The largest absolute Gasteiger partial charge is 0.461 e. The van der Waals surface area contributed by atoms with E-state index in [-0.39, 0.29) is 4.90 Å². The van der Waals surface area contributed by atoms with Crippen LogP contribution in [0.2, 0.25) is 0 Å². The summed E-state index contributed by atoms with van der Waals surface area (Å²) >= 11 is 0. The summed E-state index contributed by atoms with van der Waals surface area (Å²) in [5, 5.41) is 0.740. The molecule has 0 fully saturated rings. The van der Waals surface area contributed by atoms with E-state index in [1.807, 2.05) is 0 Å². The zero-order valence-electron chi connectivity index (χ0n) is 7.32. The number of aryl methyl sites for hydroxylation is 1. The third-order valence-corrected chi connectivity index (χ3v) is 3.24. The summed E-state index contributed by atoms with van der Waals surface area (Å²) in [6.07, 6.45) is 0. The lowest BCUT2D eigenvalue weighted by Gasteiger charge is -1.94. The molecule has 1 heterocycles. The second kappa shape index (κ2) is 3.00. The van der Waals surface area contributed by atoms with Gasteiger partial charge >= 0.3 is 0 Å². The number of rotatable bonds is 1. The van der Waals surface area contributed by atoms with E-state index in [1.54, 1.807) is 19.1 Å². The van der Waals surface area contributed by atoms with Crippen LogP contribution in [0.25, 0.3) is 11.0 Å². The van der Waals surface area contributed by atoms with E-state index in [0.717, 1.165) is 11.1 Å². The van der Waals surface area contributed by atoms with Crippen LogP contribution in [0.5, 0.6) is 0 Å². The lowest BCUT2D eigenvalue weighted by molar-refractivity contribution is 0.578. The number of hydrogen-bond acceptors (Lipinski definition) is 3. The van der Waals surface area contributed by atoms with Gasteiger partial charge in [0.15, 0.2) is 0 Å². The van der Waals surface area contributed by atoms with Gasteiger partial charge in [0.05, 0.1) is 4.90 Å². The fraction of sp³-hybridized carbons (Fsp3) is 0.111. The molecule has 0 aliphatic heterocycles. The third kappa shape index (κ3) is 1.63. The predicted octanol–water partition coefficient (Wildman–Crippen LogP) is 2.67. The summed E-state index contributed by atoms with van der Waals surface area (Å²) < 4.78 is 27.3. The van der Waals surface area contributed by atoms with Crippen molar-refractivity contribution >= 4 is 30.7 Å². The maximum Gasteiger partial charge on any atom is 0.261 e. The van der Waals surface area contributed by atoms with Crippen molar-refractivity contribution in [2.24, 2.45) is 0 Å². The standard InChI is InChI=1S/C9H7ClO3S/c1-6-4-7-5-8(14(10,11)12)2-3-9(7)13-6/h2-5H,1H3. The normalized spacial score (nSPS) is 12.1. The SMILES string of the molecule is Cc1cc2cc(S(=O)(=O)Cl)ccc2o1. The summed E-state index contributed by atoms with van der Waals surface area (Å²) in [6.45, 7) is 1.80. The zero-order chi connectivity index (χ0) is 10.3. The average molecular weight is 231 g/mol. The Bertz CT molecular complexity index is 583. The van der Waals surface area contributed by atoms with Crippen molar-refractivity contribution in [1.82, 2.24) is 0 Å². The van der Waals surface area contributed by atoms with Crippen LogP contribution in [-0.2, 0) is 9.05 Å². The molecule has 0 saturated heterocycles. The van der Waals surface area contributed by atoms with Gasteiger partial charge in [-0.1, -0.05) is 0 Å². The molecule has 0 radical (unpaired) electrons. The molecule has 1 aromatic carbocycles. The van der Waals surface area contributed by atoms with Gasteiger partial charge in [0.25, 0.3) is 9.05 Å². The highest BCUT2D eigenvalue weighted by molar-refractivity contribution is 8.13. The van der Waals surface area contributed by atoms with Crippen LogP contribution in [0.3, 0.4) is 0 Å². The number of fused-ring (bicyclic) bond motifs is 1. The first-order valence-electron chi connectivity index (χ1n) is 3.92. The van der Waals surface area contributed by atoms with Crippen LogP contribution in [0, 0.1) is 6.92 Å². The Kier molecular flexibility index (Phi) is 2.05. The topological polar surface area (TPSA) is 47.3 Å². The highest BCUT2D eigenvalue weighted by Gasteiger charge is 2.11.